The summed E-state index contributed by atoms with van der Waals surface area (Å²) in [4.78, 5) is 13.7. The molecule has 2 fully saturated rings. The Morgan fingerprint density at radius 3 is 2.65 bits per heavy atom. The van der Waals surface area contributed by atoms with Crippen molar-refractivity contribution in [3.05, 3.63) is 23.8 Å². The van der Waals surface area contributed by atoms with Gasteiger partial charge in [-0.1, -0.05) is 25.7 Å². The molecule has 6 heteroatoms. The number of rotatable bonds is 3. The highest BCUT2D eigenvalue weighted by Gasteiger charge is 2.34. The van der Waals surface area contributed by atoms with Crippen LogP contribution in [0.1, 0.15) is 57.4 Å². The van der Waals surface area contributed by atoms with Gasteiger partial charge in [-0.2, -0.15) is 0 Å². The Bertz CT molecular complexity index is 805. The Labute approximate surface area is 156 Å². The van der Waals surface area contributed by atoms with Gasteiger partial charge in [-0.15, -0.1) is 0 Å². The number of hydrogen-bond acceptors (Lipinski definition) is 3. The van der Waals surface area contributed by atoms with Gasteiger partial charge >= 0.3 is 0 Å². The van der Waals surface area contributed by atoms with Gasteiger partial charge in [-0.3, -0.25) is 4.79 Å². The maximum Gasteiger partial charge on any atom is 0.240 e. The van der Waals surface area contributed by atoms with Gasteiger partial charge in [0.25, 0.3) is 0 Å². The maximum atomic E-state index is 12.9. The minimum Gasteiger partial charge on any atom is -0.312 e. The summed E-state index contributed by atoms with van der Waals surface area (Å²) in [6, 6.07) is 5.21. The lowest BCUT2D eigenvalue weighted by Crippen LogP contribution is -2.41. The Balaban J connectivity index is 1.48. The molecule has 142 valence electrons. The fraction of sp³-hybridized carbons (Fsp3) is 0.650. The molecule has 1 aliphatic heterocycles. The van der Waals surface area contributed by atoms with E-state index in [0.717, 1.165) is 36.4 Å². The molecule has 3 atom stereocenters. The normalized spacial score (nSPS) is 28.5. The Kier molecular flexibility index (Phi) is 4.82. The molecule has 0 spiro atoms. The SMILES string of the molecule is CC(=O)N1CCc2cc(S(=O)(=O)N[C@@H]3CC[C@@H]4CCCC[C@H]4C3)ccc21. The summed E-state index contributed by atoms with van der Waals surface area (Å²) in [6.07, 6.45) is 8.99. The van der Waals surface area contributed by atoms with Crippen molar-refractivity contribution in [2.75, 3.05) is 11.4 Å². The van der Waals surface area contributed by atoms with Gasteiger partial charge in [0.15, 0.2) is 0 Å². The highest BCUT2D eigenvalue weighted by molar-refractivity contribution is 7.89. The number of benzene rings is 1. The lowest BCUT2D eigenvalue weighted by Gasteiger charge is -2.39. The van der Waals surface area contributed by atoms with Gasteiger partial charge in [0, 0.05) is 25.2 Å². The molecular formula is C20H28N2O3S. The van der Waals surface area contributed by atoms with Crippen molar-refractivity contribution in [3.8, 4) is 0 Å². The van der Waals surface area contributed by atoms with Gasteiger partial charge in [-0.05, 0) is 61.3 Å². The minimum atomic E-state index is -3.51. The number of carbonyl (C=O) groups is 1. The van der Waals surface area contributed by atoms with Crippen molar-refractivity contribution in [1.82, 2.24) is 4.72 Å². The predicted octanol–water partition coefficient (Wildman–Crippen LogP) is 3.23. The summed E-state index contributed by atoms with van der Waals surface area (Å²) in [5.74, 6) is 1.50. The van der Waals surface area contributed by atoms with Gasteiger partial charge in [0.1, 0.15) is 0 Å². The van der Waals surface area contributed by atoms with Crippen LogP contribution in [-0.2, 0) is 21.2 Å². The topological polar surface area (TPSA) is 66.5 Å². The van der Waals surface area contributed by atoms with E-state index in [0.29, 0.717) is 23.8 Å². The number of hydrogen-bond donors (Lipinski definition) is 1. The average molecular weight is 377 g/mol. The number of amides is 1. The average Bonchev–Trinajstić information content (AvgIpc) is 3.05. The number of carbonyl (C=O) groups excluding carboxylic acids is 1. The molecule has 26 heavy (non-hydrogen) atoms. The van der Waals surface area contributed by atoms with E-state index in [2.05, 4.69) is 4.72 Å². The summed E-state index contributed by atoms with van der Waals surface area (Å²) < 4.78 is 28.7. The third kappa shape index (κ3) is 3.41. The molecule has 1 heterocycles. The first-order valence-corrected chi connectivity index (χ1v) is 11.4. The molecule has 1 aromatic carbocycles. The second-order valence-electron chi connectivity index (χ2n) is 8.15. The second-order valence-corrected chi connectivity index (χ2v) is 9.86. The fourth-order valence-electron chi connectivity index (χ4n) is 5.14. The number of nitrogens with one attached hydrogen (secondary N) is 1. The first kappa shape index (κ1) is 18.0. The third-order valence-electron chi connectivity index (χ3n) is 6.50. The Hall–Kier alpha value is -1.40. The van der Waals surface area contributed by atoms with Crippen LogP contribution in [0.3, 0.4) is 0 Å². The molecule has 0 bridgehead atoms. The fourth-order valence-corrected chi connectivity index (χ4v) is 6.47. The highest BCUT2D eigenvalue weighted by atomic mass is 32.2. The van der Waals surface area contributed by atoms with Crippen molar-refractivity contribution in [1.29, 1.82) is 0 Å². The van der Waals surface area contributed by atoms with Crippen LogP contribution >= 0.6 is 0 Å². The van der Waals surface area contributed by atoms with E-state index in [9.17, 15) is 13.2 Å². The van der Waals surface area contributed by atoms with Gasteiger partial charge in [0.05, 0.1) is 4.90 Å². The lowest BCUT2D eigenvalue weighted by atomic mass is 9.70. The second kappa shape index (κ2) is 6.97. The van der Waals surface area contributed by atoms with Crippen LogP contribution in [0.2, 0.25) is 0 Å². The van der Waals surface area contributed by atoms with Crippen LogP contribution in [0.25, 0.3) is 0 Å². The van der Waals surface area contributed by atoms with Crippen LogP contribution in [0.5, 0.6) is 0 Å². The summed E-state index contributed by atoms with van der Waals surface area (Å²) in [5, 5.41) is 0. The van der Waals surface area contributed by atoms with Crippen molar-refractivity contribution < 1.29 is 13.2 Å². The zero-order chi connectivity index (χ0) is 18.3. The number of nitrogens with zero attached hydrogens (tertiary/aromatic N) is 1. The zero-order valence-electron chi connectivity index (χ0n) is 15.4. The molecule has 1 amide bonds. The van der Waals surface area contributed by atoms with Gasteiger partial charge in [0.2, 0.25) is 15.9 Å². The highest BCUT2D eigenvalue weighted by Crippen LogP contribution is 2.40. The smallest absolute Gasteiger partial charge is 0.240 e. The summed E-state index contributed by atoms with van der Waals surface area (Å²) in [7, 11) is -3.51. The van der Waals surface area contributed by atoms with E-state index in [1.54, 1.807) is 30.0 Å². The summed E-state index contributed by atoms with van der Waals surface area (Å²) in [5.41, 5.74) is 1.79. The number of fused-ring (bicyclic) bond motifs is 2. The third-order valence-corrected chi connectivity index (χ3v) is 8.02. The van der Waals surface area contributed by atoms with Crippen LogP contribution in [0.15, 0.2) is 23.1 Å². The van der Waals surface area contributed by atoms with Crippen molar-refractivity contribution in [3.63, 3.8) is 0 Å². The van der Waals surface area contributed by atoms with E-state index in [1.165, 1.54) is 25.7 Å². The van der Waals surface area contributed by atoms with Crippen molar-refractivity contribution >= 4 is 21.6 Å². The standard InChI is InChI=1S/C20H28N2O3S/c1-14(23)22-11-10-17-13-19(8-9-20(17)22)26(24,25)21-18-7-6-15-4-2-3-5-16(15)12-18/h8-9,13,15-16,18,21H,2-7,10-12H2,1H3/t15-,16-,18+/m0/s1. The van der Waals surface area contributed by atoms with E-state index < -0.39 is 10.0 Å². The Morgan fingerprint density at radius 2 is 1.88 bits per heavy atom. The molecule has 0 saturated heterocycles. The van der Waals surface area contributed by atoms with Gasteiger partial charge < -0.3 is 4.90 Å². The Morgan fingerprint density at radius 1 is 1.12 bits per heavy atom. The molecule has 0 aromatic heterocycles. The maximum absolute atomic E-state index is 12.9. The van der Waals surface area contributed by atoms with Crippen LogP contribution in [0.4, 0.5) is 5.69 Å². The quantitative estimate of drug-likeness (QED) is 0.881. The molecular weight excluding hydrogens is 348 g/mol. The molecule has 0 unspecified atom stereocenters. The predicted molar refractivity (Wildman–Crippen MR) is 102 cm³/mol. The lowest BCUT2D eigenvalue weighted by molar-refractivity contribution is -0.116. The first-order chi connectivity index (χ1) is 12.4. The molecule has 1 N–H and O–H groups in total. The molecule has 5 nitrogen and oxygen atoms in total. The minimum absolute atomic E-state index is 0.00160. The van der Waals surface area contributed by atoms with Crippen LogP contribution in [0, 0.1) is 11.8 Å². The van der Waals surface area contributed by atoms with Crippen LogP contribution < -0.4 is 9.62 Å². The number of anilines is 1. The summed E-state index contributed by atoms with van der Waals surface area (Å²) >= 11 is 0. The van der Waals surface area contributed by atoms with E-state index in [-0.39, 0.29) is 11.9 Å². The molecule has 1 aromatic rings. The monoisotopic (exact) mass is 376 g/mol. The molecule has 2 aliphatic carbocycles. The van der Waals surface area contributed by atoms with E-state index in [1.807, 2.05) is 0 Å². The zero-order valence-corrected chi connectivity index (χ0v) is 16.2. The van der Waals surface area contributed by atoms with Crippen molar-refractivity contribution in [2.24, 2.45) is 11.8 Å². The summed E-state index contributed by atoms with van der Waals surface area (Å²) in [6.45, 7) is 2.18. The van der Waals surface area contributed by atoms with Crippen LogP contribution in [-0.4, -0.2) is 26.9 Å². The first-order valence-electron chi connectivity index (χ1n) is 9.87. The van der Waals surface area contributed by atoms with Gasteiger partial charge in [-0.25, -0.2) is 13.1 Å². The largest absolute Gasteiger partial charge is 0.312 e. The molecule has 3 aliphatic rings. The van der Waals surface area contributed by atoms with E-state index >= 15 is 0 Å². The van der Waals surface area contributed by atoms with E-state index in [4.69, 9.17) is 0 Å². The van der Waals surface area contributed by atoms with Crippen molar-refractivity contribution in [2.45, 2.75) is 69.2 Å². The molecule has 4 rings (SSSR count). The molecule has 0 radical (unpaired) electrons. The molecule has 2 saturated carbocycles. The number of sulfonamides is 1.